The third-order valence-electron chi connectivity index (χ3n) is 4.48. The fourth-order valence-electron chi connectivity index (χ4n) is 3.13. The molecule has 0 atom stereocenters. The van der Waals surface area contributed by atoms with E-state index in [1.54, 1.807) is 24.3 Å². The molecule has 1 aliphatic heterocycles. The average molecular weight is 420 g/mol. The van der Waals surface area contributed by atoms with E-state index in [1.165, 1.54) is 24.1 Å². The van der Waals surface area contributed by atoms with E-state index >= 15 is 0 Å². The van der Waals surface area contributed by atoms with Gasteiger partial charge >= 0.3 is 18.1 Å². The highest BCUT2D eigenvalue weighted by Gasteiger charge is 2.34. The van der Waals surface area contributed by atoms with Crippen molar-refractivity contribution in [3.8, 4) is 11.5 Å². The largest absolute Gasteiger partial charge is 0.573 e. The monoisotopic (exact) mass is 420 g/mol. The lowest BCUT2D eigenvalue weighted by molar-refractivity contribution is -0.274. The van der Waals surface area contributed by atoms with Crippen LogP contribution in [0.3, 0.4) is 0 Å². The topological polar surface area (TPSA) is 78.6 Å². The molecular formula is C19H15F3N4O4. The Morgan fingerprint density at radius 1 is 1.07 bits per heavy atom. The van der Waals surface area contributed by atoms with E-state index in [1.807, 2.05) is 0 Å². The molecule has 3 aromatic rings. The SMILES string of the molecule is COc1cccc(N2Cc3nn(Cc4ccc(OC(F)(F)F)cc4)c(=O)n3C2=O)c1. The molecule has 11 heteroatoms. The van der Waals surface area contributed by atoms with Gasteiger partial charge in [0, 0.05) is 11.8 Å². The lowest BCUT2D eigenvalue weighted by atomic mass is 10.2. The van der Waals surface area contributed by atoms with Crippen molar-refractivity contribution < 1.29 is 27.4 Å². The third kappa shape index (κ3) is 3.73. The molecule has 0 saturated heterocycles. The predicted octanol–water partition coefficient (Wildman–Crippen LogP) is 2.99. The zero-order valence-electron chi connectivity index (χ0n) is 15.6. The van der Waals surface area contributed by atoms with Crippen molar-refractivity contribution in [2.75, 3.05) is 12.0 Å². The first-order chi connectivity index (χ1) is 14.2. The molecule has 0 N–H and O–H groups in total. The Kier molecular flexibility index (Phi) is 4.72. The summed E-state index contributed by atoms with van der Waals surface area (Å²) in [5.74, 6) is 0.472. The maximum atomic E-state index is 12.7. The minimum absolute atomic E-state index is 0.00241. The first kappa shape index (κ1) is 19.6. The fourth-order valence-corrected chi connectivity index (χ4v) is 3.13. The Balaban J connectivity index is 1.53. The summed E-state index contributed by atoms with van der Waals surface area (Å²) in [6.07, 6.45) is -4.78. The number of carbonyl (C=O) groups excluding carboxylic acids is 1. The van der Waals surface area contributed by atoms with Crippen LogP contribution in [-0.4, -0.2) is 33.9 Å². The van der Waals surface area contributed by atoms with Crippen LogP contribution in [0.1, 0.15) is 11.4 Å². The van der Waals surface area contributed by atoms with Crippen molar-refractivity contribution in [1.29, 1.82) is 0 Å². The first-order valence-corrected chi connectivity index (χ1v) is 8.74. The van der Waals surface area contributed by atoms with Gasteiger partial charge in [0.2, 0.25) is 0 Å². The van der Waals surface area contributed by atoms with E-state index in [4.69, 9.17) is 4.74 Å². The second-order valence-electron chi connectivity index (χ2n) is 6.45. The number of hydrogen-bond donors (Lipinski definition) is 0. The molecule has 2 aromatic carbocycles. The van der Waals surface area contributed by atoms with E-state index in [0.29, 0.717) is 17.0 Å². The number of anilines is 1. The zero-order valence-corrected chi connectivity index (χ0v) is 15.6. The highest BCUT2D eigenvalue weighted by atomic mass is 19.4. The second kappa shape index (κ2) is 7.25. The van der Waals surface area contributed by atoms with Gasteiger partial charge < -0.3 is 9.47 Å². The Morgan fingerprint density at radius 2 is 1.80 bits per heavy atom. The number of fused-ring (bicyclic) bond motifs is 1. The number of ether oxygens (including phenoxy) is 2. The molecule has 1 aromatic heterocycles. The molecule has 0 saturated carbocycles. The van der Waals surface area contributed by atoms with Crippen molar-refractivity contribution in [2.45, 2.75) is 19.5 Å². The summed E-state index contributed by atoms with van der Waals surface area (Å²) in [4.78, 5) is 26.8. The van der Waals surface area contributed by atoms with Crippen LogP contribution in [0.2, 0.25) is 0 Å². The van der Waals surface area contributed by atoms with Gasteiger partial charge in [0.1, 0.15) is 11.5 Å². The number of hydrogen-bond acceptors (Lipinski definition) is 5. The van der Waals surface area contributed by atoms with Crippen molar-refractivity contribution in [2.24, 2.45) is 0 Å². The fraction of sp³-hybridized carbons (Fsp3) is 0.211. The highest BCUT2D eigenvalue weighted by molar-refractivity contribution is 5.96. The molecule has 0 radical (unpaired) electrons. The van der Waals surface area contributed by atoms with E-state index < -0.39 is 18.1 Å². The average Bonchev–Trinajstić information content (AvgIpc) is 3.19. The number of nitrogens with zero attached hydrogens (tertiary/aromatic N) is 4. The van der Waals surface area contributed by atoms with E-state index in [9.17, 15) is 22.8 Å². The van der Waals surface area contributed by atoms with E-state index in [2.05, 4.69) is 9.84 Å². The highest BCUT2D eigenvalue weighted by Crippen LogP contribution is 2.26. The van der Waals surface area contributed by atoms with Gasteiger partial charge in [0.05, 0.1) is 20.2 Å². The molecule has 4 rings (SSSR count). The minimum Gasteiger partial charge on any atom is -0.497 e. The molecule has 1 aliphatic rings. The van der Waals surface area contributed by atoms with Gasteiger partial charge in [-0.05, 0) is 29.8 Å². The van der Waals surface area contributed by atoms with Crippen LogP contribution in [0.4, 0.5) is 23.7 Å². The van der Waals surface area contributed by atoms with Gasteiger partial charge in [0.25, 0.3) is 0 Å². The van der Waals surface area contributed by atoms with Crippen LogP contribution in [0, 0.1) is 0 Å². The molecule has 30 heavy (non-hydrogen) atoms. The molecule has 0 bridgehead atoms. The molecule has 2 heterocycles. The number of halogens is 3. The van der Waals surface area contributed by atoms with Crippen LogP contribution < -0.4 is 20.1 Å². The van der Waals surface area contributed by atoms with Crippen LogP contribution >= 0.6 is 0 Å². The number of methoxy groups -OCH3 is 1. The smallest absolute Gasteiger partial charge is 0.497 e. The van der Waals surface area contributed by atoms with Gasteiger partial charge in [-0.1, -0.05) is 18.2 Å². The Morgan fingerprint density at radius 3 is 2.43 bits per heavy atom. The number of amides is 1. The molecular weight excluding hydrogens is 405 g/mol. The lowest BCUT2D eigenvalue weighted by Crippen LogP contribution is -2.35. The Labute approximate surface area is 167 Å². The van der Waals surface area contributed by atoms with E-state index in [-0.39, 0.29) is 24.7 Å². The van der Waals surface area contributed by atoms with Gasteiger partial charge in [-0.3, -0.25) is 4.90 Å². The molecule has 8 nitrogen and oxygen atoms in total. The Bertz CT molecular complexity index is 1150. The molecule has 0 unspecified atom stereocenters. The van der Waals surface area contributed by atoms with Crippen molar-refractivity contribution in [3.63, 3.8) is 0 Å². The van der Waals surface area contributed by atoms with Crippen LogP contribution in [0.15, 0.2) is 53.3 Å². The lowest BCUT2D eigenvalue weighted by Gasteiger charge is -2.15. The number of carbonyl (C=O) groups is 1. The predicted molar refractivity (Wildman–Crippen MR) is 98.7 cm³/mol. The van der Waals surface area contributed by atoms with Crippen LogP contribution in [0.25, 0.3) is 0 Å². The third-order valence-corrected chi connectivity index (χ3v) is 4.48. The van der Waals surface area contributed by atoms with Gasteiger partial charge in [0.15, 0.2) is 5.82 Å². The first-order valence-electron chi connectivity index (χ1n) is 8.74. The number of alkyl halides is 3. The van der Waals surface area contributed by atoms with Crippen molar-refractivity contribution in [1.82, 2.24) is 14.3 Å². The summed E-state index contributed by atoms with van der Waals surface area (Å²) in [7, 11) is 1.51. The standard InChI is InChI=1S/C19H15F3N4O4/c1-29-15-4-2-3-13(9-15)24-11-16-23-25(18(28)26(16)17(24)27)10-12-5-7-14(8-6-12)30-19(20,21)22/h2-9H,10-11H2,1H3. The maximum absolute atomic E-state index is 12.7. The van der Waals surface area contributed by atoms with Gasteiger partial charge in [-0.15, -0.1) is 13.2 Å². The molecule has 0 fully saturated rings. The van der Waals surface area contributed by atoms with Crippen molar-refractivity contribution in [3.05, 3.63) is 70.4 Å². The number of rotatable bonds is 5. The van der Waals surface area contributed by atoms with Crippen LogP contribution in [0.5, 0.6) is 11.5 Å². The number of benzene rings is 2. The zero-order chi connectivity index (χ0) is 21.5. The summed E-state index contributed by atoms with van der Waals surface area (Å²) in [6.45, 7) is 0.101. The molecule has 1 amide bonds. The van der Waals surface area contributed by atoms with Gasteiger partial charge in [-0.25, -0.2) is 14.3 Å². The van der Waals surface area contributed by atoms with Crippen molar-refractivity contribution >= 4 is 11.7 Å². The quantitative estimate of drug-likeness (QED) is 0.634. The number of aromatic nitrogens is 3. The summed E-state index contributed by atoms with van der Waals surface area (Å²) in [5, 5.41) is 4.20. The normalized spacial score (nSPS) is 13.5. The van der Waals surface area contributed by atoms with E-state index in [0.717, 1.165) is 21.4 Å². The maximum Gasteiger partial charge on any atom is 0.573 e. The molecule has 156 valence electrons. The summed E-state index contributed by atoms with van der Waals surface area (Å²) < 4.78 is 47.8. The van der Waals surface area contributed by atoms with Crippen LogP contribution in [-0.2, 0) is 13.1 Å². The summed E-state index contributed by atoms with van der Waals surface area (Å²) in [5.41, 5.74) is 0.465. The van der Waals surface area contributed by atoms with Gasteiger partial charge in [-0.2, -0.15) is 9.67 Å². The molecule has 0 aliphatic carbocycles. The minimum atomic E-state index is -4.78. The Hall–Kier alpha value is -3.76. The second-order valence-corrected chi connectivity index (χ2v) is 6.45. The molecule has 0 spiro atoms. The summed E-state index contributed by atoms with van der Waals surface area (Å²) >= 11 is 0. The summed E-state index contributed by atoms with van der Waals surface area (Å²) in [6, 6.07) is 11.4.